The molecule has 1 atom stereocenters. The molecule has 0 saturated carbocycles. The molecule has 1 aromatic heterocycles. The van der Waals surface area contributed by atoms with Crippen molar-refractivity contribution in [2.75, 3.05) is 18.6 Å². The minimum absolute atomic E-state index is 0.119. The molecule has 0 aliphatic carbocycles. The minimum atomic E-state index is -2.98. The Bertz CT molecular complexity index is 1660. The van der Waals surface area contributed by atoms with E-state index in [1.54, 1.807) is 18.3 Å². The van der Waals surface area contributed by atoms with Gasteiger partial charge in [0.05, 0.1) is 18.3 Å². The van der Waals surface area contributed by atoms with Crippen LogP contribution in [0.1, 0.15) is 42.4 Å². The van der Waals surface area contributed by atoms with Crippen molar-refractivity contribution in [2.45, 2.75) is 39.2 Å². The van der Waals surface area contributed by atoms with E-state index in [2.05, 4.69) is 48.4 Å². The average molecular weight is 595 g/mol. The van der Waals surface area contributed by atoms with E-state index in [4.69, 9.17) is 21.1 Å². The third kappa shape index (κ3) is 8.11. The number of thiophene rings is 1. The molecular formula is C32H31ClO5S2. The number of carbonyl (C=O) groups is 1. The van der Waals surface area contributed by atoms with Gasteiger partial charge in [0, 0.05) is 28.3 Å². The van der Waals surface area contributed by atoms with Crippen molar-refractivity contribution >= 4 is 48.1 Å². The molecule has 4 aromatic rings. The zero-order chi connectivity index (χ0) is 28.7. The highest BCUT2D eigenvalue weighted by molar-refractivity contribution is 7.90. The first kappa shape index (κ1) is 29.7. The first-order valence-electron chi connectivity index (χ1n) is 12.9. The molecule has 0 amide bonds. The SMILES string of the molecule is CC#C[C@@H](CC(=O)Cl)c1ccc(OCc2ccc3scc(-c4ccc(OCCCS(C)(=O)=O)cc4C)c3c2)cc1. The number of hydrogen-bond donors (Lipinski definition) is 0. The Labute approximate surface area is 245 Å². The van der Waals surface area contributed by atoms with Crippen molar-refractivity contribution in [3.05, 3.63) is 82.7 Å². The van der Waals surface area contributed by atoms with Gasteiger partial charge in [0.1, 0.15) is 27.9 Å². The lowest BCUT2D eigenvalue weighted by atomic mass is 9.97. The van der Waals surface area contributed by atoms with E-state index in [1.165, 1.54) is 11.0 Å². The van der Waals surface area contributed by atoms with E-state index in [0.717, 1.165) is 44.7 Å². The summed E-state index contributed by atoms with van der Waals surface area (Å²) in [5, 5.41) is 2.93. The highest BCUT2D eigenvalue weighted by Crippen LogP contribution is 2.37. The van der Waals surface area contributed by atoms with Crippen molar-refractivity contribution in [3.63, 3.8) is 0 Å². The molecule has 0 bridgehead atoms. The van der Waals surface area contributed by atoms with Crippen molar-refractivity contribution in [1.29, 1.82) is 0 Å². The van der Waals surface area contributed by atoms with Crippen LogP contribution in [0.5, 0.6) is 11.5 Å². The quantitative estimate of drug-likeness (QED) is 0.0963. The maximum absolute atomic E-state index is 11.4. The zero-order valence-electron chi connectivity index (χ0n) is 22.7. The molecule has 0 spiro atoms. The van der Waals surface area contributed by atoms with Crippen molar-refractivity contribution in [2.24, 2.45) is 0 Å². The third-order valence-corrected chi connectivity index (χ3v) is 8.57. The average Bonchev–Trinajstić information content (AvgIpc) is 3.32. The lowest BCUT2D eigenvalue weighted by Crippen LogP contribution is -2.08. The standard InChI is InChI=1S/C32H31ClO5S2/c1-4-6-25(19-32(33)34)24-8-10-26(11-9-24)38-20-23-7-14-31-29(18-23)30(21-39-31)28-13-12-27(17-22(28)2)37-15-5-16-40(3,35)36/h7-14,17-18,21,25H,5,15-16,19-20H2,1-3H3/t25-/m0/s1. The number of rotatable bonds is 12. The highest BCUT2D eigenvalue weighted by atomic mass is 35.5. The lowest BCUT2D eigenvalue weighted by Gasteiger charge is -2.12. The maximum atomic E-state index is 11.4. The highest BCUT2D eigenvalue weighted by Gasteiger charge is 2.14. The molecule has 1 heterocycles. The first-order valence-corrected chi connectivity index (χ1v) is 16.2. The zero-order valence-corrected chi connectivity index (χ0v) is 25.1. The Morgan fingerprint density at radius 2 is 1.75 bits per heavy atom. The number of hydrogen-bond acceptors (Lipinski definition) is 6. The van der Waals surface area contributed by atoms with Crippen molar-refractivity contribution in [3.8, 4) is 34.5 Å². The van der Waals surface area contributed by atoms with Crippen LogP contribution in [0.25, 0.3) is 21.2 Å². The number of carbonyl (C=O) groups excluding carboxylic acids is 1. The molecule has 0 N–H and O–H groups in total. The van der Waals surface area contributed by atoms with Gasteiger partial charge in [-0.15, -0.1) is 17.3 Å². The van der Waals surface area contributed by atoms with Crippen LogP contribution in [0.4, 0.5) is 0 Å². The molecule has 40 heavy (non-hydrogen) atoms. The van der Waals surface area contributed by atoms with Gasteiger partial charge >= 0.3 is 0 Å². The normalized spacial score (nSPS) is 12.0. The van der Waals surface area contributed by atoms with Gasteiger partial charge < -0.3 is 9.47 Å². The van der Waals surface area contributed by atoms with Gasteiger partial charge in [-0.05, 0) is 95.9 Å². The summed E-state index contributed by atoms with van der Waals surface area (Å²) in [6, 6.07) is 20.0. The molecule has 4 rings (SSSR count). The smallest absolute Gasteiger partial charge is 0.223 e. The van der Waals surface area contributed by atoms with Crippen LogP contribution in [-0.2, 0) is 21.2 Å². The van der Waals surface area contributed by atoms with Gasteiger partial charge in [0.2, 0.25) is 5.24 Å². The molecule has 0 fully saturated rings. The molecule has 0 aliphatic rings. The number of ether oxygens (including phenoxy) is 2. The predicted molar refractivity (Wildman–Crippen MR) is 164 cm³/mol. The van der Waals surface area contributed by atoms with E-state index in [1.807, 2.05) is 36.4 Å². The van der Waals surface area contributed by atoms with Gasteiger partial charge in [0.25, 0.3) is 0 Å². The van der Waals surface area contributed by atoms with E-state index in [-0.39, 0.29) is 18.1 Å². The Morgan fingerprint density at radius 3 is 2.42 bits per heavy atom. The van der Waals surface area contributed by atoms with E-state index >= 15 is 0 Å². The summed E-state index contributed by atoms with van der Waals surface area (Å²) >= 11 is 7.29. The van der Waals surface area contributed by atoms with E-state index in [9.17, 15) is 13.2 Å². The topological polar surface area (TPSA) is 69.7 Å². The molecule has 0 aliphatic heterocycles. The van der Waals surface area contributed by atoms with E-state index in [0.29, 0.717) is 19.6 Å². The molecule has 0 unspecified atom stereocenters. The molecule has 5 nitrogen and oxygen atoms in total. The van der Waals surface area contributed by atoms with Gasteiger partial charge in [-0.1, -0.05) is 30.2 Å². The minimum Gasteiger partial charge on any atom is -0.494 e. The van der Waals surface area contributed by atoms with Gasteiger partial charge in [-0.3, -0.25) is 4.79 Å². The second-order valence-electron chi connectivity index (χ2n) is 9.65. The summed E-state index contributed by atoms with van der Waals surface area (Å²) in [5.41, 5.74) is 5.36. The Kier molecular flexibility index (Phi) is 9.91. The number of fused-ring (bicyclic) bond motifs is 1. The maximum Gasteiger partial charge on any atom is 0.223 e. The number of halogens is 1. The van der Waals surface area contributed by atoms with Crippen molar-refractivity contribution in [1.82, 2.24) is 0 Å². The largest absolute Gasteiger partial charge is 0.494 e. The summed E-state index contributed by atoms with van der Waals surface area (Å²) in [5.74, 6) is 7.26. The molecule has 0 saturated heterocycles. The Morgan fingerprint density at radius 1 is 1.00 bits per heavy atom. The van der Waals surface area contributed by atoms with Crippen LogP contribution in [0.2, 0.25) is 0 Å². The molecule has 3 aromatic carbocycles. The summed E-state index contributed by atoms with van der Waals surface area (Å²) in [6.07, 6.45) is 1.87. The molecule has 8 heteroatoms. The predicted octanol–water partition coefficient (Wildman–Crippen LogP) is 7.53. The van der Waals surface area contributed by atoms with Crippen LogP contribution in [0.15, 0.2) is 66.0 Å². The van der Waals surface area contributed by atoms with Gasteiger partial charge in [0.15, 0.2) is 0 Å². The summed E-state index contributed by atoms with van der Waals surface area (Å²) in [6.45, 7) is 4.58. The number of aryl methyl sites for hydroxylation is 1. The molecule has 0 radical (unpaired) electrons. The summed E-state index contributed by atoms with van der Waals surface area (Å²) in [7, 11) is -2.98. The van der Waals surface area contributed by atoms with E-state index < -0.39 is 15.1 Å². The van der Waals surface area contributed by atoms with Gasteiger partial charge in [-0.2, -0.15) is 0 Å². The molecular weight excluding hydrogens is 564 g/mol. The van der Waals surface area contributed by atoms with Crippen molar-refractivity contribution < 1.29 is 22.7 Å². The first-order chi connectivity index (χ1) is 19.1. The molecule has 208 valence electrons. The van der Waals surface area contributed by atoms with Crippen LogP contribution in [0, 0.1) is 18.8 Å². The number of sulfone groups is 1. The fourth-order valence-corrected chi connectivity index (χ4v) is 6.20. The fourth-order valence-electron chi connectivity index (χ4n) is 4.46. The Balaban J connectivity index is 1.44. The van der Waals surface area contributed by atoms with Crippen LogP contribution in [-0.4, -0.2) is 32.3 Å². The van der Waals surface area contributed by atoms with Gasteiger partial charge in [-0.25, -0.2) is 8.42 Å². The lowest BCUT2D eigenvalue weighted by molar-refractivity contribution is -0.111. The second-order valence-corrected chi connectivity index (χ2v) is 13.2. The Hall–Kier alpha value is -3.31. The summed E-state index contributed by atoms with van der Waals surface area (Å²) in [4.78, 5) is 11.4. The summed E-state index contributed by atoms with van der Waals surface area (Å²) < 4.78 is 35.7. The van der Waals surface area contributed by atoms with Crippen LogP contribution < -0.4 is 9.47 Å². The second kappa shape index (κ2) is 13.4. The van der Waals surface area contributed by atoms with Crippen LogP contribution in [0.3, 0.4) is 0 Å². The number of benzene rings is 3. The fraction of sp³-hybridized carbons (Fsp3) is 0.281. The monoisotopic (exact) mass is 594 g/mol. The third-order valence-electron chi connectivity index (χ3n) is 6.43. The van der Waals surface area contributed by atoms with Crippen LogP contribution >= 0.6 is 22.9 Å².